The number of nitrogens with zero attached hydrogens (tertiary/aromatic N) is 2. The van der Waals surface area contributed by atoms with Crippen LogP contribution in [0.4, 0.5) is 0 Å². The van der Waals surface area contributed by atoms with E-state index in [9.17, 15) is 26.4 Å². The number of halogens is 1. The van der Waals surface area contributed by atoms with Crippen molar-refractivity contribution >= 4 is 65.5 Å². The molecule has 0 aliphatic heterocycles. The SMILES string of the molecule is CC(C)OC(=O)/C(=N\O)C(C)C.Cc1ccc(S(=O)(=O)Cl)cc1.Cc1ccc(S(=O)(=O)O/N=C(\C(=O)OC(C)C)C(C)C)cc1.O=C=O.O=C=O. The zero-order valence-corrected chi connectivity index (χ0v) is 32.2. The molecule has 0 fully saturated rings. The van der Waals surface area contributed by atoms with Crippen LogP contribution in [-0.4, -0.2) is 69.9 Å². The number of hydrogen-bond acceptors (Lipinski definition) is 16. The standard InChI is InChI=1S/C15H21NO5S.C8H15NO3.C7H7ClO2S.2CO2/c1-10(2)14(15(17)20-11(3)4)16-21-22(18,19)13-8-6-12(5)7-9-13;1-5(2)7(9-11)8(10)12-6(3)4;1-6-2-4-7(5-3-6)11(8,9)10;2*2-1-3/h6-11H,1-5H3;5-6,11H,1-4H3;2-5H,1H3;;/b16-14-;9-7-;;;. The molecule has 0 heterocycles. The van der Waals surface area contributed by atoms with Crippen LogP contribution in [0.2, 0.25) is 0 Å². The van der Waals surface area contributed by atoms with Gasteiger partial charge in [0.05, 0.1) is 17.1 Å². The van der Waals surface area contributed by atoms with E-state index in [-0.39, 0.29) is 57.6 Å². The van der Waals surface area contributed by atoms with E-state index in [1.807, 2.05) is 13.8 Å². The second-order valence-electron chi connectivity index (χ2n) is 10.9. The fourth-order valence-corrected chi connectivity index (χ4v) is 4.36. The van der Waals surface area contributed by atoms with Crippen LogP contribution in [0.25, 0.3) is 0 Å². The highest BCUT2D eigenvalue weighted by Gasteiger charge is 2.23. The largest absolute Gasteiger partial charge is 0.458 e. The molecule has 0 aliphatic rings. The van der Waals surface area contributed by atoms with Crippen LogP contribution >= 0.6 is 10.7 Å². The predicted molar refractivity (Wildman–Crippen MR) is 182 cm³/mol. The first kappa shape index (κ1) is 50.6. The van der Waals surface area contributed by atoms with Crippen molar-refractivity contribution in [2.75, 3.05) is 0 Å². The third-order valence-electron chi connectivity index (χ3n) is 5.15. The van der Waals surface area contributed by atoms with Gasteiger partial charge in [0.15, 0.2) is 11.4 Å². The minimum Gasteiger partial charge on any atom is -0.458 e. The molecule has 16 nitrogen and oxygen atoms in total. The van der Waals surface area contributed by atoms with E-state index in [0.29, 0.717) is 0 Å². The maximum atomic E-state index is 12.0. The Morgan fingerprint density at radius 2 is 0.961 bits per heavy atom. The summed E-state index contributed by atoms with van der Waals surface area (Å²) in [4.78, 5) is 55.6. The number of carbonyl (C=O) groups is 2. The Balaban J connectivity index is -0.000000672. The number of oxime groups is 2. The van der Waals surface area contributed by atoms with Crippen LogP contribution in [0.15, 0.2) is 68.6 Å². The summed E-state index contributed by atoms with van der Waals surface area (Å²) in [6.07, 6.45) is -0.0156. The molecule has 0 aliphatic carbocycles. The molecule has 2 rings (SSSR count). The summed E-state index contributed by atoms with van der Waals surface area (Å²) in [5.41, 5.74) is 1.91. The highest BCUT2D eigenvalue weighted by molar-refractivity contribution is 8.13. The van der Waals surface area contributed by atoms with Gasteiger partial charge in [0.2, 0.25) is 0 Å². The molecule has 51 heavy (non-hydrogen) atoms. The second-order valence-corrected chi connectivity index (χ2v) is 15.0. The smallest absolute Gasteiger partial charge is 0.373 e. The topological polar surface area (TPSA) is 243 Å². The van der Waals surface area contributed by atoms with E-state index >= 15 is 0 Å². The Hall–Kier alpha value is -4.73. The van der Waals surface area contributed by atoms with Gasteiger partial charge in [-0.1, -0.05) is 73.4 Å². The zero-order chi connectivity index (χ0) is 40.5. The van der Waals surface area contributed by atoms with E-state index in [1.165, 1.54) is 24.3 Å². The molecule has 0 aromatic heterocycles. The molecule has 0 saturated heterocycles. The van der Waals surface area contributed by atoms with E-state index in [1.54, 1.807) is 79.7 Å². The highest BCUT2D eigenvalue weighted by atomic mass is 35.7. The maximum Gasteiger partial charge on any atom is 0.373 e. The number of ether oxygens (including phenoxy) is 2. The van der Waals surface area contributed by atoms with Crippen molar-refractivity contribution in [1.29, 1.82) is 0 Å². The van der Waals surface area contributed by atoms with Gasteiger partial charge < -0.3 is 14.7 Å². The third kappa shape index (κ3) is 24.1. The first-order valence-electron chi connectivity index (χ1n) is 14.7. The normalized spacial score (nSPS) is 11.1. The van der Waals surface area contributed by atoms with Crippen molar-refractivity contribution in [1.82, 2.24) is 0 Å². The van der Waals surface area contributed by atoms with Crippen molar-refractivity contribution in [3.8, 4) is 0 Å². The van der Waals surface area contributed by atoms with Gasteiger partial charge in [-0.3, -0.25) is 4.28 Å². The fourth-order valence-electron chi connectivity index (χ4n) is 2.86. The first-order chi connectivity index (χ1) is 23.4. The van der Waals surface area contributed by atoms with Crippen molar-refractivity contribution in [2.24, 2.45) is 22.1 Å². The summed E-state index contributed by atoms with van der Waals surface area (Å²) < 4.78 is 60.0. The van der Waals surface area contributed by atoms with Gasteiger partial charge in [0.25, 0.3) is 9.05 Å². The van der Waals surface area contributed by atoms with Crippen LogP contribution < -0.4 is 0 Å². The average molecular weight is 779 g/mol. The fraction of sp³-hybridized carbons (Fsp3) is 0.438. The Bertz CT molecular complexity index is 1690. The van der Waals surface area contributed by atoms with Gasteiger partial charge in [-0.25, -0.2) is 18.0 Å². The van der Waals surface area contributed by atoms with Gasteiger partial charge in [-0.15, -0.1) is 0 Å². The van der Waals surface area contributed by atoms with Crippen LogP contribution in [-0.2, 0) is 61.7 Å². The summed E-state index contributed by atoms with van der Waals surface area (Å²) in [6.45, 7) is 17.5. The molecule has 0 spiro atoms. The van der Waals surface area contributed by atoms with Gasteiger partial charge in [-0.05, 0) is 65.8 Å². The number of aryl methyl sites for hydroxylation is 2. The molecule has 0 unspecified atom stereocenters. The Morgan fingerprint density at radius 3 is 1.24 bits per heavy atom. The lowest BCUT2D eigenvalue weighted by Gasteiger charge is -2.12. The predicted octanol–water partition coefficient (Wildman–Crippen LogP) is 4.84. The van der Waals surface area contributed by atoms with Crippen molar-refractivity contribution in [2.45, 2.75) is 91.2 Å². The molecule has 0 radical (unpaired) electrons. The molecular weight excluding hydrogens is 736 g/mol. The van der Waals surface area contributed by atoms with E-state index in [0.717, 1.165) is 11.1 Å². The summed E-state index contributed by atoms with van der Waals surface area (Å²) in [7, 11) is -2.53. The number of rotatable bonds is 10. The number of esters is 2. The molecule has 0 saturated carbocycles. The first-order valence-corrected chi connectivity index (χ1v) is 18.4. The molecule has 2 aromatic carbocycles. The third-order valence-corrected chi connectivity index (χ3v) is 7.64. The molecule has 2 aromatic rings. The van der Waals surface area contributed by atoms with Gasteiger partial charge in [0.1, 0.15) is 4.90 Å². The monoisotopic (exact) mass is 778 g/mol. The highest BCUT2D eigenvalue weighted by Crippen LogP contribution is 2.15. The summed E-state index contributed by atoms with van der Waals surface area (Å²) in [5.74, 6) is -1.70. The minimum absolute atomic E-state index is 0.0258. The second kappa shape index (κ2) is 26.1. The van der Waals surface area contributed by atoms with E-state index in [2.05, 4.69) is 14.6 Å². The van der Waals surface area contributed by atoms with Crippen LogP contribution in [0.3, 0.4) is 0 Å². The number of hydrogen-bond donors (Lipinski definition) is 1. The van der Waals surface area contributed by atoms with Crippen LogP contribution in [0.5, 0.6) is 0 Å². The molecule has 19 heteroatoms. The number of benzene rings is 2. The summed E-state index contributed by atoms with van der Waals surface area (Å²) in [6, 6.07) is 12.5. The lowest BCUT2D eigenvalue weighted by atomic mass is 10.1. The molecule has 1 N–H and O–H groups in total. The van der Waals surface area contributed by atoms with Crippen LogP contribution in [0.1, 0.15) is 66.5 Å². The quantitative estimate of drug-likeness (QED) is 0.112. The lowest BCUT2D eigenvalue weighted by molar-refractivity contribution is -0.193. The van der Waals surface area contributed by atoms with E-state index in [4.69, 9.17) is 44.5 Å². The van der Waals surface area contributed by atoms with Crippen molar-refractivity contribution < 1.29 is 64.6 Å². The number of carbonyl (C=O) groups excluding carboxylic acids is 6. The molecular formula is C32H43ClN2O14S2. The van der Waals surface area contributed by atoms with Crippen molar-refractivity contribution in [3.63, 3.8) is 0 Å². The van der Waals surface area contributed by atoms with Gasteiger partial charge in [0, 0.05) is 22.5 Å². The van der Waals surface area contributed by atoms with Gasteiger partial charge >= 0.3 is 34.4 Å². The Kier molecular flexibility index (Phi) is 25.9. The Labute approximate surface area is 302 Å². The maximum absolute atomic E-state index is 12.0. The molecule has 0 atom stereocenters. The molecule has 0 bridgehead atoms. The summed E-state index contributed by atoms with van der Waals surface area (Å²) in [5, 5.41) is 14.9. The minimum atomic E-state index is -4.06. The summed E-state index contributed by atoms with van der Waals surface area (Å²) >= 11 is 0. The molecule has 0 amide bonds. The zero-order valence-electron chi connectivity index (χ0n) is 29.8. The van der Waals surface area contributed by atoms with E-state index < -0.39 is 31.1 Å². The Morgan fingerprint density at radius 1 is 0.647 bits per heavy atom. The lowest BCUT2D eigenvalue weighted by Crippen LogP contribution is -2.26. The van der Waals surface area contributed by atoms with Crippen molar-refractivity contribution in [3.05, 3.63) is 59.7 Å². The van der Waals surface area contributed by atoms with Crippen LogP contribution in [0, 0.1) is 25.7 Å². The average Bonchev–Trinajstić information content (AvgIpc) is 2.98. The molecule has 284 valence electrons. The van der Waals surface area contributed by atoms with Gasteiger partial charge in [-0.2, -0.15) is 27.6 Å².